The highest BCUT2D eigenvalue weighted by Gasteiger charge is 2.21. The van der Waals surface area contributed by atoms with E-state index in [4.69, 9.17) is 9.47 Å². The fraction of sp³-hybridized carbons (Fsp3) is 1.00. The topological polar surface area (TPSA) is 64.6 Å². The summed E-state index contributed by atoms with van der Waals surface area (Å²) < 4.78 is 34.2. The Labute approximate surface area is 79.5 Å². The summed E-state index contributed by atoms with van der Waals surface area (Å²) in [5.74, 6) is 0. The summed E-state index contributed by atoms with van der Waals surface area (Å²) in [6.45, 7) is 1.86. The van der Waals surface area contributed by atoms with Gasteiger partial charge in [0.1, 0.15) is 0 Å². The molecule has 0 radical (unpaired) electrons. The van der Waals surface area contributed by atoms with Crippen LogP contribution in [0.15, 0.2) is 0 Å². The van der Waals surface area contributed by atoms with Crippen LogP contribution in [0.3, 0.4) is 0 Å². The number of sulfonamides is 1. The van der Waals surface area contributed by atoms with Crippen LogP contribution in [0.1, 0.15) is 13.3 Å². The molecule has 6 heteroatoms. The van der Waals surface area contributed by atoms with Crippen LogP contribution in [-0.4, -0.2) is 41.2 Å². The van der Waals surface area contributed by atoms with Crippen molar-refractivity contribution < 1.29 is 17.9 Å². The van der Waals surface area contributed by atoms with Crippen LogP contribution >= 0.6 is 0 Å². The van der Waals surface area contributed by atoms with Crippen LogP contribution in [0.25, 0.3) is 0 Å². The van der Waals surface area contributed by atoms with Crippen LogP contribution in [-0.2, 0) is 19.5 Å². The molecule has 5 nitrogen and oxygen atoms in total. The molecule has 80 valence electrons. The summed E-state index contributed by atoms with van der Waals surface area (Å²) in [6.07, 6.45) is 1.18. The molecule has 0 aliphatic heterocycles. The fourth-order valence-electron chi connectivity index (χ4n) is 1.03. The van der Waals surface area contributed by atoms with Crippen molar-refractivity contribution >= 4 is 10.0 Å². The van der Waals surface area contributed by atoms with Gasteiger partial charge in [-0.15, -0.1) is 0 Å². The summed E-state index contributed by atoms with van der Waals surface area (Å²) in [5, 5.41) is 0. The zero-order valence-electron chi connectivity index (χ0n) is 8.40. The van der Waals surface area contributed by atoms with Gasteiger partial charge >= 0.3 is 0 Å². The van der Waals surface area contributed by atoms with Gasteiger partial charge in [-0.25, -0.2) is 13.1 Å². The Morgan fingerprint density at radius 1 is 1.31 bits per heavy atom. The Bertz CT molecular complexity index is 223. The molecule has 0 aromatic carbocycles. The lowest BCUT2D eigenvalue weighted by Gasteiger charge is -2.23. The van der Waals surface area contributed by atoms with Crippen molar-refractivity contribution in [3.8, 4) is 0 Å². The maximum Gasteiger partial charge on any atom is 0.209 e. The first kappa shape index (κ1) is 12.8. The minimum Gasteiger partial charge on any atom is -0.354 e. The van der Waals surface area contributed by atoms with E-state index in [-0.39, 0.29) is 6.04 Å². The van der Waals surface area contributed by atoms with E-state index in [9.17, 15) is 8.42 Å². The largest absolute Gasteiger partial charge is 0.354 e. The number of hydrogen-bond acceptors (Lipinski definition) is 4. The molecule has 0 heterocycles. The Balaban J connectivity index is 4.32. The van der Waals surface area contributed by atoms with E-state index in [1.165, 1.54) is 14.2 Å². The van der Waals surface area contributed by atoms with E-state index >= 15 is 0 Å². The maximum absolute atomic E-state index is 10.9. The first-order valence-corrected chi connectivity index (χ1v) is 5.86. The first-order valence-electron chi connectivity index (χ1n) is 3.97. The molecule has 0 fully saturated rings. The minimum absolute atomic E-state index is 0.343. The molecular weight excluding hydrogens is 194 g/mol. The van der Waals surface area contributed by atoms with Crippen LogP contribution in [0.5, 0.6) is 0 Å². The van der Waals surface area contributed by atoms with Gasteiger partial charge in [-0.2, -0.15) is 0 Å². The van der Waals surface area contributed by atoms with Gasteiger partial charge < -0.3 is 9.47 Å². The molecule has 0 aromatic rings. The van der Waals surface area contributed by atoms with E-state index in [2.05, 4.69) is 4.72 Å². The molecule has 0 rings (SSSR count). The predicted octanol–water partition coefficient (Wildman–Crippen LogP) is -0.0669. The Morgan fingerprint density at radius 2 is 1.77 bits per heavy atom. The first-order chi connectivity index (χ1) is 5.94. The molecule has 0 saturated heterocycles. The van der Waals surface area contributed by atoms with Crippen molar-refractivity contribution in [2.24, 2.45) is 0 Å². The Kier molecular flexibility index (Phi) is 5.46. The third-order valence-corrected chi connectivity index (χ3v) is 2.33. The van der Waals surface area contributed by atoms with E-state index in [0.29, 0.717) is 6.42 Å². The van der Waals surface area contributed by atoms with E-state index in [1.807, 2.05) is 6.92 Å². The monoisotopic (exact) mass is 211 g/mol. The summed E-state index contributed by atoms with van der Waals surface area (Å²) in [4.78, 5) is 0. The van der Waals surface area contributed by atoms with Crippen molar-refractivity contribution in [2.75, 3.05) is 20.5 Å². The average molecular weight is 211 g/mol. The second-order valence-corrected chi connectivity index (χ2v) is 4.52. The second kappa shape index (κ2) is 5.54. The molecule has 1 unspecified atom stereocenters. The molecule has 1 N–H and O–H groups in total. The molecular formula is C7H17NO4S. The average Bonchev–Trinajstić information content (AvgIpc) is 2.02. The number of hydrogen-bond donors (Lipinski definition) is 1. The van der Waals surface area contributed by atoms with Gasteiger partial charge in [0.15, 0.2) is 6.29 Å². The number of rotatable bonds is 6. The molecule has 0 amide bonds. The zero-order chi connectivity index (χ0) is 10.5. The zero-order valence-corrected chi connectivity index (χ0v) is 9.22. The fourth-order valence-corrected chi connectivity index (χ4v) is 1.86. The highest BCUT2D eigenvalue weighted by atomic mass is 32.2. The van der Waals surface area contributed by atoms with Crippen molar-refractivity contribution in [3.05, 3.63) is 0 Å². The highest BCUT2D eigenvalue weighted by molar-refractivity contribution is 7.88. The van der Waals surface area contributed by atoms with Crippen LogP contribution in [0.2, 0.25) is 0 Å². The van der Waals surface area contributed by atoms with Gasteiger partial charge in [0, 0.05) is 14.2 Å². The molecule has 0 aromatic heterocycles. The van der Waals surface area contributed by atoms with E-state index in [1.54, 1.807) is 0 Å². The van der Waals surface area contributed by atoms with Crippen LogP contribution in [0, 0.1) is 0 Å². The summed E-state index contributed by atoms with van der Waals surface area (Å²) in [7, 11) is -0.265. The minimum atomic E-state index is -3.21. The number of ether oxygens (including phenoxy) is 2. The van der Waals surface area contributed by atoms with Crippen molar-refractivity contribution in [1.29, 1.82) is 0 Å². The number of methoxy groups -OCH3 is 2. The molecule has 1 atom stereocenters. The second-order valence-electron chi connectivity index (χ2n) is 2.74. The highest BCUT2D eigenvalue weighted by Crippen LogP contribution is 2.04. The summed E-state index contributed by atoms with van der Waals surface area (Å²) >= 11 is 0. The lowest BCUT2D eigenvalue weighted by Crippen LogP contribution is -2.44. The normalized spacial score (nSPS) is 14.8. The third-order valence-electron chi connectivity index (χ3n) is 1.60. The van der Waals surface area contributed by atoms with E-state index < -0.39 is 16.3 Å². The number of nitrogens with one attached hydrogen (secondary N) is 1. The van der Waals surface area contributed by atoms with Crippen molar-refractivity contribution in [2.45, 2.75) is 25.7 Å². The van der Waals surface area contributed by atoms with Gasteiger partial charge in [-0.05, 0) is 6.42 Å². The standard InChI is InChI=1S/C7H17NO4S/c1-5-6(7(11-2)12-3)8-13(4,9)10/h6-8H,5H2,1-4H3. The summed E-state index contributed by atoms with van der Waals surface area (Å²) in [6, 6.07) is -0.343. The summed E-state index contributed by atoms with van der Waals surface area (Å²) in [5.41, 5.74) is 0. The van der Waals surface area contributed by atoms with Crippen molar-refractivity contribution in [1.82, 2.24) is 4.72 Å². The molecule has 0 spiro atoms. The lowest BCUT2D eigenvalue weighted by atomic mass is 10.2. The molecule has 0 bridgehead atoms. The van der Waals surface area contributed by atoms with Gasteiger partial charge in [0.05, 0.1) is 12.3 Å². The Morgan fingerprint density at radius 3 is 2.00 bits per heavy atom. The quantitative estimate of drug-likeness (QED) is 0.625. The third kappa shape index (κ3) is 5.20. The SMILES string of the molecule is CCC(NS(C)(=O)=O)C(OC)OC. The maximum atomic E-state index is 10.9. The van der Waals surface area contributed by atoms with Crippen LogP contribution in [0.4, 0.5) is 0 Å². The smallest absolute Gasteiger partial charge is 0.209 e. The van der Waals surface area contributed by atoms with Gasteiger partial charge in [0.25, 0.3) is 0 Å². The van der Waals surface area contributed by atoms with Gasteiger partial charge in [-0.1, -0.05) is 6.92 Å². The van der Waals surface area contributed by atoms with Gasteiger partial charge in [0.2, 0.25) is 10.0 Å². The van der Waals surface area contributed by atoms with E-state index in [0.717, 1.165) is 6.26 Å². The molecule has 0 aliphatic carbocycles. The molecule has 13 heavy (non-hydrogen) atoms. The molecule has 0 saturated carbocycles. The lowest BCUT2D eigenvalue weighted by molar-refractivity contribution is -0.119. The molecule has 0 aliphatic rings. The Hall–Kier alpha value is -0.170. The van der Waals surface area contributed by atoms with Crippen LogP contribution < -0.4 is 4.72 Å². The van der Waals surface area contributed by atoms with Gasteiger partial charge in [-0.3, -0.25) is 0 Å². The predicted molar refractivity (Wildman–Crippen MR) is 49.9 cm³/mol. The van der Waals surface area contributed by atoms with Crippen molar-refractivity contribution in [3.63, 3.8) is 0 Å².